The maximum atomic E-state index is 11.2. The van der Waals surface area contributed by atoms with Crippen LogP contribution in [0, 0.1) is 0 Å². The Kier molecular flexibility index (Phi) is 3.67. The van der Waals surface area contributed by atoms with Crippen LogP contribution in [0.4, 0.5) is 5.69 Å². The number of anilines is 1. The molecule has 1 aromatic heterocycles. The lowest BCUT2D eigenvalue weighted by atomic mass is 10.3. The molecule has 0 aliphatic rings. The smallest absolute Gasteiger partial charge is 0.269 e. The number of hydrogen-bond acceptors (Lipinski definition) is 3. The van der Waals surface area contributed by atoms with Gasteiger partial charge in [0, 0.05) is 25.5 Å². The highest BCUT2D eigenvalue weighted by Crippen LogP contribution is 2.07. The van der Waals surface area contributed by atoms with Crippen LogP contribution in [0.1, 0.15) is 10.5 Å². The second-order valence-corrected chi connectivity index (χ2v) is 2.68. The first-order chi connectivity index (χ1) is 6.77. The molecule has 0 saturated heterocycles. The molecule has 0 fully saturated rings. The van der Waals surface area contributed by atoms with E-state index in [0.29, 0.717) is 12.2 Å². The Hall–Kier alpha value is -1.84. The van der Waals surface area contributed by atoms with Crippen molar-refractivity contribution >= 4 is 11.6 Å². The van der Waals surface area contributed by atoms with Gasteiger partial charge < -0.3 is 10.6 Å². The molecule has 0 spiro atoms. The first-order valence-electron chi connectivity index (χ1n) is 4.31. The van der Waals surface area contributed by atoms with Gasteiger partial charge in [0.15, 0.2) is 0 Å². The molecule has 14 heavy (non-hydrogen) atoms. The van der Waals surface area contributed by atoms with E-state index in [1.54, 1.807) is 31.5 Å². The summed E-state index contributed by atoms with van der Waals surface area (Å²) in [5.41, 5.74) is 1.26. The zero-order valence-corrected chi connectivity index (χ0v) is 8.08. The van der Waals surface area contributed by atoms with E-state index in [2.05, 4.69) is 22.2 Å². The van der Waals surface area contributed by atoms with E-state index in [-0.39, 0.29) is 5.91 Å². The minimum Gasteiger partial charge on any atom is -0.381 e. The molecule has 0 atom stereocenters. The van der Waals surface area contributed by atoms with Crippen molar-refractivity contribution in [3.8, 4) is 0 Å². The molecule has 0 aliphatic heterocycles. The second kappa shape index (κ2) is 5.01. The molecule has 2 N–H and O–H groups in total. The fourth-order valence-electron chi connectivity index (χ4n) is 0.983. The van der Waals surface area contributed by atoms with Crippen LogP contribution in [-0.4, -0.2) is 24.5 Å². The third-order valence-corrected chi connectivity index (χ3v) is 1.67. The maximum absolute atomic E-state index is 11.2. The average molecular weight is 191 g/mol. The monoisotopic (exact) mass is 191 g/mol. The van der Waals surface area contributed by atoms with E-state index < -0.39 is 0 Å². The average Bonchev–Trinajstić information content (AvgIpc) is 2.25. The SMILES string of the molecule is C=CCNc1ccnc(C(=O)NC)c1. The Morgan fingerprint density at radius 1 is 1.71 bits per heavy atom. The Balaban J connectivity index is 2.78. The van der Waals surface area contributed by atoms with E-state index in [1.807, 2.05) is 0 Å². The third kappa shape index (κ3) is 2.58. The number of nitrogens with one attached hydrogen (secondary N) is 2. The van der Waals surface area contributed by atoms with E-state index in [4.69, 9.17) is 0 Å². The van der Waals surface area contributed by atoms with Gasteiger partial charge in [-0.15, -0.1) is 6.58 Å². The van der Waals surface area contributed by atoms with Crippen LogP contribution in [-0.2, 0) is 0 Å². The van der Waals surface area contributed by atoms with E-state index >= 15 is 0 Å². The molecule has 4 heteroatoms. The van der Waals surface area contributed by atoms with Crippen LogP contribution in [0.3, 0.4) is 0 Å². The summed E-state index contributed by atoms with van der Waals surface area (Å²) in [6.07, 6.45) is 3.34. The van der Waals surface area contributed by atoms with Crippen LogP contribution in [0.2, 0.25) is 0 Å². The minimum atomic E-state index is -0.188. The molecule has 4 nitrogen and oxygen atoms in total. The van der Waals surface area contributed by atoms with Crippen molar-refractivity contribution < 1.29 is 4.79 Å². The van der Waals surface area contributed by atoms with Crippen LogP contribution < -0.4 is 10.6 Å². The summed E-state index contributed by atoms with van der Waals surface area (Å²) in [6.45, 7) is 4.26. The third-order valence-electron chi connectivity index (χ3n) is 1.67. The highest BCUT2D eigenvalue weighted by molar-refractivity contribution is 5.92. The molecule has 0 bridgehead atoms. The van der Waals surface area contributed by atoms with Crippen molar-refractivity contribution in [1.29, 1.82) is 0 Å². The molecule has 0 radical (unpaired) electrons. The quantitative estimate of drug-likeness (QED) is 0.699. The van der Waals surface area contributed by atoms with Crippen molar-refractivity contribution in [3.63, 3.8) is 0 Å². The predicted octanol–water partition coefficient (Wildman–Crippen LogP) is 1.04. The number of nitrogens with zero attached hydrogens (tertiary/aromatic N) is 1. The van der Waals surface area contributed by atoms with Crippen LogP contribution >= 0.6 is 0 Å². The summed E-state index contributed by atoms with van der Waals surface area (Å²) in [4.78, 5) is 15.2. The first kappa shape index (κ1) is 10.2. The van der Waals surface area contributed by atoms with Gasteiger partial charge in [0.05, 0.1) is 0 Å². The summed E-state index contributed by atoms with van der Waals surface area (Å²) < 4.78 is 0. The topological polar surface area (TPSA) is 54.0 Å². The molecule has 1 rings (SSSR count). The lowest BCUT2D eigenvalue weighted by Gasteiger charge is -2.04. The summed E-state index contributed by atoms with van der Waals surface area (Å²) >= 11 is 0. The molecule has 1 aromatic rings. The number of carbonyl (C=O) groups excluding carboxylic acids is 1. The van der Waals surface area contributed by atoms with Crippen molar-refractivity contribution in [1.82, 2.24) is 10.3 Å². The van der Waals surface area contributed by atoms with Crippen LogP contribution in [0.15, 0.2) is 31.0 Å². The highest BCUT2D eigenvalue weighted by Gasteiger charge is 2.04. The number of hydrogen-bond donors (Lipinski definition) is 2. The summed E-state index contributed by atoms with van der Waals surface area (Å²) in [6, 6.07) is 3.50. The van der Waals surface area contributed by atoms with Gasteiger partial charge in [0.1, 0.15) is 5.69 Å². The number of aromatic nitrogens is 1. The molecule has 0 aromatic carbocycles. The number of amides is 1. The fraction of sp³-hybridized carbons (Fsp3) is 0.200. The molecule has 0 unspecified atom stereocenters. The van der Waals surface area contributed by atoms with Gasteiger partial charge in [-0.1, -0.05) is 6.08 Å². The van der Waals surface area contributed by atoms with Crippen LogP contribution in [0.5, 0.6) is 0 Å². The lowest BCUT2D eigenvalue weighted by Crippen LogP contribution is -2.19. The fourth-order valence-corrected chi connectivity index (χ4v) is 0.983. The Morgan fingerprint density at radius 2 is 2.50 bits per heavy atom. The van der Waals surface area contributed by atoms with Crippen molar-refractivity contribution in [2.24, 2.45) is 0 Å². The molecule has 1 amide bonds. The van der Waals surface area contributed by atoms with Crippen molar-refractivity contribution in [2.75, 3.05) is 18.9 Å². The summed E-state index contributed by atoms with van der Waals surface area (Å²) in [5.74, 6) is -0.188. The summed E-state index contributed by atoms with van der Waals surface area (Å²) in [5, 5.41) is 5.59. The number of pyridine rings is 1. The van der Waals surface area contributed by atoms with Gasteiger partial charge in [-0.3, -0.25) is 9.78 Å². The predicted molar refractivity (Wildman–Crippen MR) is 56.3 cm³/mol. The Bertz CT molecular complexity index is 336. The van der Waals surface area contributed by atoms with Crippen LogP contribution in [0.25, 0.3) is 0 Å². The Morgan fingerprint density at radius 3 is 3.14 bits per heavy atom. The zero-order valence-electron chi connectivity index (χ0n) is 8.08. The van der Waals surface area contributed by atoms with E-state index in [9.17, 15) is 4.79 Å². The van der Waals surface area contributed by atoms with E-state index in [1.165, 1.54) is 0 Å². The molecule has 74 valence electrons. The number of rotatable bonds is 4. The van der Waals surface area contributed by atoms with E-state index in [0.717, 1.165) is 5.69 Å². The van der Waals surface area contributed by atoms with Gasteiger partial charge in [-0.2, -0.15) is 0 Å². The van der Waals surface area contributed by atoms with Crippen molar-refractivity contribution in [2.45, 2.75) is 0 Å². The van der Waals surface area contributed by atoms with Crippen molar-refractivity contribution in [3.05, 3.63) is 36.7 Å². The molecule has 0 saturated carbocycles. The minimum absolute atomic E-state index is 0.188. The lowest BCUT2D eigenvalue weighted by molar-refractivity contribution is 0.0958. The van der Waals surface area contributed by atoms with Gasteiger partial charge in [-0.05, 0) is 12.1 Å². The summed E-state index contributed by atoms with van der Waals surface area (Å²) in [7, 11) is 1.58. The number of carbonyl (C=O) groups is 1. The normalized spacial score (nSPS) is 9.21. The highest BCUT2D eigenvalue weighted by atomic mass is 16.1. The standard InChI is InChI=1S/C10H13N3O/c1-3-5-12-8-4-6-13-9(7-8)10(14)11-2/h3-4,6-7H,1,5H2,2H3,(H,11,14)(H,12,13). The first-order valence-corrected chi connectivity index (χ1v) is 4.31. The zero-order chi connectivity index (χ0) is 10.4. The maximum Gasteiger partial charge on any atom is 0.269 e. The molecule has 0 aliphatic carbocycles. The largest absolute Gasteiger partial charge is 0.381 e. The molecular formula is C10H13N3O. The second-order valence-electron chi connectivity index (χ2n) is 2.68. The van der Waals surface area contributed by atoms with Gasteiger partial charge in [0.2, 0.25) is 0 Å². The van der Waals surface area contributed by atoms with Gasteiger partial charge in [0.25, 0.3) is 5.91 Å². The molecule has 1 heterocycles. The van der Waals surface area contributed by atoms with Gasteiger partial charge in [-0.25, -0.2) is 0 Å². The molecular weight excluding hydrogens is 178 g/mol. The van der Waals surface area contributed by atoms with Gasteiger partial charge >= 0.3 is 0 Å². The Labute approximate surface area is 83.0 Å².